The van der Waals surface area contributed by atoms with Crippen LogP contribution in [-0.2, 0) is 9.59 Å². The first kappa shape index (κ1) is 13.5. The number of hydrogen-bond acceptors (Lipinski definition) is 4. The number of likely N-dealkylation sites (tertiary alicyclic amines) is 1. The van der Waals surface area contributed by atoms with Crippen LogP contribution in [-0.4, -0.2) is 47.9 Å². The summed E-state index contributed by atoms with van der Waals surface area (Å²) < 4.78 is 0. The number of hydrogen-bond donors (Lipinski definition) is 1. The van der Waals surface area contributed by atoms with Gasteiger partial charge < -0.3 is 0 Å². The number of carbonyl (C=O) groups is 2. The van der Waals surface area contributed by atoms with Crippen molar-refractivity contribution in [3.63, 3.8) is 0 Å². The van der Waals surface area contributed by atoms with Crippen molar-refractivity contribution in [3.05, 3.63) is 0 Å². The van der Waals surface area contributed by atoms with Crippen molar-refractivity contribution in [1.82, 2.24) is 15.3 Å². The second-order valence-corrected chi connectivity index (χ2v) is 5.53. The van der Waals surface area contributed by atoms with Crippen molar-refractivity contribution < 1.29 is 9.59 Å². The normalized spacial score (nSPS) is 27.1. The Kier molecular flexibility index (Phi) is 4.35. The third-order valence-electron chi connectivity index (χ3n) is 3.79. The van der Waals surface area contributed by atoms with Crippen LogP contribution in [0.4, 0.5) is 0 Å². The summed E-state index contributed by atoms with van der Waals surface area (Å²) in [6.45, 7) is 0. The summed E-state index contributed by atoms with van der Waals surface area (Å²) in [6, 6.07) is -0.225. The van der Waals surface area contributed by atoms with Crippen LogP contribution < -0.4 is 5.43 Å². The van der Waals surface area contributed by atoms with E-state index in [1.165, 1.54) is 17.7 Å². The van der Waals surface area contributed by atoms with Crippen molar-refractivity contribution in [3.8, 4) is 0 Å². The van der Waals surface area contributed by atoms with E-state index in [2.05, 4.69) is 5.43 Å². The van der Waals surface area contributed by atoms with Crippen LogP contribution >= 0.6 is 0 Å². The minimum Gasteiger partial charge on any atom is -0.278 e. The summed E-state index contributed by atoms with van der Waals surface area (Å²) in [7, 11) is 3.68. The van der Waals surface area contributed by atoms with Gasteiger partial charge >= 0.3 is 0 Å². The van der Waals surface area contributed by atoms with E-state index in [1.54, 1.807) is 5.01 Å². The van der Waals surface area contributed by atoms with Gasteiger partial charge in [0.25, 0.3) is 0 Å². The molecule has 0 aromatic carbocycles. The highest BCUT2D eigenvalue weighted by Gasteiger charge is 2.42. The summed E-state index contributed by atoms with van der Waals surface area (Å²) in [4.78, 5) is 25.8. The molecule has 0 aromatic rings. The fourth-order valence-corrected chi connectivity index (χ4v) is 2.96. The highest BCUT2D eigenvalue weighted by atomic mass is 16.2. The molecule has 1 aliphatic heterocycles. The molecular weight excluding hydrogens is 230 g/mol. The lowest BCUT2D eigenvalue weighted by Gasteiger charge is -2.26. The number of amides is 2. The van der Waals surface area contributed by atoms with Crippen molar-refractivity contribution in [2.24, 2.45) is 0 Å². The van der Waals surface area contributed by atoms with E-state index < -0.39 is 0 Å². The van der Waals surface area contributed by atoms with Crippen LogP contribution in [0.25, 0.3) is 0 Å². The van der Waals surface area contributed by atoms with Crippen molar-refractivity contribution >= 4 is 11.8 Å². The molecule has 1 heterocycles. The van der Waals surface area contributed by atoms with E-state index >= 15 is 0 Å². The van der Waals surface area contributed by atoms with Crippen LogP contribution in [0.1, 0.15) is 44.9 Å². The minimum atomic E-state index is -0.365. The van der Waals surface area contributed by atoms with E-state index in [0.717, 1.165) is 25.7 Å². The first-order valence-electron chi connectivity index (χ1n) is 6.89. The molecule has 102 valence electrons. The molecule has 1 N–H and O–H groups in total. The molecule has 1 aliphatic carbocycles. The molecule has 2 fully saturated rings. The Morgan fingerprint density at radius 1 is 1.11 bits per heavy atom. The maximum Gasteiger partial charge on any atom is 0.248 e. The number of hydrazine groups is 1. The predicted octanol–water partition coefficient (Wildman–Crippen LogP) is 0.903. The third kappa shape index (κ3) is 2.90. The summed E-state index contributed by atoms with van der Waals surface area (Å²) in [6.07, 6.45) is 6.98. The Morgan fingerprint density at radius 2 is 1.72 bits per heavy atom. The van der Waals surface area contributed by atoms with Crippen LogP contribution in [0.3, 0.4) is 0 Å². The predicted molar refractivity (Wildman–Crippen MR) is 68.6 cm³/mol. The quantitative estimate of drug-likeness (QED) is 0.461. The molecule has 5 nitrogen and oxygen atoms in total. The molecule has 2 rings (SSSR count). The summed E-state index contributed by atoms with van der Waals surface area (Å²) in [5.74, 6) is -0.0492. The highest BCUT2D eigenvalue weighted by Crippen LogP contribution is 2.26. The van der Waals surface area contributed by atoms with Gasteiger partial charge in [0.1, 0.15) is 6.04 Å². The lowest BCUT2D eigenvalue weighted by Crippen LogP contribution is -2.47. The molecule has 0 radical (unpaired) electrons. The van der Waals surface area contributed by atoms with Crippen LogP contribution in [0, 0.1) is 0 Å². The first-order valence-corrected chi connectivity index (χ1v) is 6.89. The Hall–Kier alpha value is -0.940. The fraction of sp³-hybridized carbons (Fsp3) is 0.846. The van der Waals surface area contributed by atoms with Crippen LogP contribution in [0.15, 0.2) is 0 Å². The smallest absolute Gasteiger partial charge is 0.248 e. The summed E-state index contributed by atoms with van der Waals surface area (Å²) in [5, 5.41) is 1.74. The molecule has 1 unspecified atom stereocenters. The van der Waals surface area contributed by atoms with Crippen LogP contribution in [0.5, 0.6) is 0 Å². The Balaban J connectivity index is 2.03. The van der Waals surface area contributed by atoms with E-state index in [1.807, 2.05) is 14.1 Å². The second-order valence-electron chi connectivity index (χ2n) is 5.53. The molecular formula is C13H23N3O2. The SMILES string of the molecule is CN(C)NC1CC(=O)N(C2CCCCCC2)C1=O. The van der Waals surface area contributed by atoms with Gasteiger partial charge in [-0.2, -0.15) is 0 Å². The van der Waals surface area contributed by atoms with Crippen molar-refractivity contribution in [2.45, 2.75) is 57.0 Å². The molecule has 2 amide bonds. The van der Waals surface area contributed by atoms with E-state index in [9.17, 15) is 9.59 Å². The maximum atomic E-state index is 12.3. The summed E-state index contributed by atoms with van der Waals surface area (Å²) in [5.41, 5.74) is 3.03. The maximum absolute atomic E-state index is 12.3. The van der Waals surface area contributed by atoms with Crippen LogP contribution in [0.2, 0.25) is 0 Å². The molecule has 0 aromatic heterocycles. The zero-order valence-electron chi connectivity index (χ0n) is 11.3. The zero-order valence-corrected chi connectivity index (χ0v) is 11.3. The molecule has 1 saturated heterocycles. The van der Waals surface area contributed by atoms with Gasteiger partial charge in [-0.25, -0.2) is 10.4 Å². The third-order valence-corrected chi connectivity index (χ3v) is 3.79. The zero-order chi connectivity index (χ0) is 13.1. The van der Waals surface area contributed by atoms with Gasteiger partial charge in [-0.15, -0.1) is 0 Å². The second kappa shape index (κ2) is 5.80. The molecule has 2 aliphatic rings. The number of nitrogens with one attached hydrogen (secondary N) is 1. The first-order chi connectivity index (χ1) is 8.59. The largest absolute Gasteiger partial charge is 0.278 e. The van der Waals surface area contributed by atoms with Gasteiger partial charge in [-0.3, -0.25) is 14.5 Å². The number of nitrogens with zero attached hydrogens (tertiary/aromatic N) is 2. The van der Waals surface area contributed by atoms with E-state index in [0.29, 0.717) is 6.42 Å². The molecule has 0 bridgehead atoms. The Bertz CT molecular complexity index is 322. The summed E-state index contributed by atoms with van der Waals surface area (Å²) >= 11 is 0. The fourth-order valence-electron chi connectivity index (χ4n) is 2.96. The van der Waals surface area contributed by atoms with Gasteiger partial charge in [0, 0.05) is 20.1 Å². The molecule has 5 heteroatoms. The molecule has 1 atom stereocenters. The Labute approximate surface area is 108 Å². The van der Waals surface area contributed by atoms with E-state index in [4.69, 9.17) is 0 Å². The van der Waals surface area contributed by atoms with Gasteiger partial charge in [-0.1, -0.05) is 25.7 Å². The molecule has 0 spiro atoms. The van der Waals surface area contributed by atoms with Gasteiger partial charge in [0.05, 0.1) is 6.42 Å². The van der Waals surface area contributed by atoms with Crippen molar-refractivity contribution in [1.29, 1.82) is 0 Å². The standard InChI is InChI=1S/C13H23N3O2/c1-15(2)14-11-9-12(17)16(13(11)18)10-7-5-3-4-6-8-10/h10-11,14H,3-9H2,1-2H3. The monoisotopic (exact) mass is 253 g/mol. The lowest BCUT2D eigenvalue weighted by atomic mass is 10.1. The topological polar surface area (TPSA) is 52.7 Å². The van der Waals surface area contributed by atoms with Gasteiger partial charge in [-0.05, 0) is 12.8 Å². The average Bonchev–Trinajstić information content (AvgIpc) is 2.53. The minimum absolute atomic E-state index is 0.00810. The molecule has 18 heavy (non-hydrogen) atoms. The number of imide groups is 1. The Morgan fingerprint density at radius 3 is 2.28 bits per heavy atom. The van der Waals surface area contributed by atoms with Gasteiger partial charge in [0.2, 0.25) is 11.8 Å². The van der Waals surface area contributed by atoms with Gasteiger partial charge in [0.15, 0.2) is 0 Å². The van der Waals surface area contributed by atoms with Crippen molar-refractivity contribution in [2.75, 3.05) is 14.1 Å². The number of rotatable bonds is 3. The average molecular weight is 253 g/mol. The molecule has 1 saturated carbocycles. The number of carbonyl (C=O) groups excluding carboxylic acids is 2. The lowest BCUT2D eigenvalue weighted by molar-refractivity contribution is -0.142. The van der Waals surface area contributed by atoms with E-state index in [-0.39, 0.29) is 23.9 Å². The highest BCUT2D eigenvalue weighted by molar-refractivity contribution is 6.05.